The molecule has 0 radical (unpaired) electrons. The van der Waals surface area contributed by atoms with Crippen LogP contribution < -0.4 is 0 Å². The number of aliphatic carboxylic acids is 1. The summed E-state index contributed by atoms with van der Waals surface area (Å²) in [6, 6.07) is -0.221. The van der Waals surface area contributed by atoms with Crippen LogP contribution in [0.3, 0.4) is 0 Å². The van der Waals surface area contributed by atoms with Crippen LogP contribution in [-0.4, -0.2) is 54.2 Å². The number of hydrogen-bond acceptors (Lipinski definition) is 4. The van der Waals surface area contributed by atoms with E-state index in [1.54, 1.807) is 19.3 Å². The van der Waals surface area contributed by atoms with Crippen LogP contribution in [0, 0.1) is 0 Å². The van der Waals surface area contributed by atoms with Crippen LogP contribution in [0.25, 0.3) is 0 Å². The predicted molar refractivity (Wildman–Crippen MR) is 61.7 cm³/mol. The fraction of sp³-hybridized carbons (Fsp3) is 0.636. The zero-order valence-electron chi connectivity index (χ0n) is 9.50. The van der Waals surface area contributed by atoms with Crippen molar-refractivity contribution in [2.45, 2.75) is 25.5 Å². The third-order valence-corrected chi connectivity index (χ3v) is 2.49. The van der Waals surface area contributed by atoms with Crippen molar-refractivity contribution in [2.75, 3.05) is 19.7 Å². The largest absolute Gasteiger partial charge is 0.479 e. The van der Waals surface area contributed by atoms with Crippen molar-refractivity contribution < 1.29 is 14.6 Å². The van der Waals surface area contributed by atoms with Gasteiger partial charge in [-0.25, -0.2) is 4.79 Å². The van der Waals surface area contributed by atoms with Crippen molar-refractivity contribution in [2.24, 2.45) is 4.99 Å². The van der Waals surface area contributed by atoms with E-state index < -0.39 is 12.1 Å². The van der Waals surface area contributed by atoms with Crippen LogP contribution in [0.5, 0.6) is 0 Å². The quantitative estimate of drug-likeness (QED) is 0.651. The Morgan fingerprint density at radius 3 is 3.00 bits per heavy atom. The summed E-state index contributed by atoms with van der Waals surface area (Å²) in [5, 5.41) is 9.13. The molecule has 0 spiro atoms. The number of carboxylic acids is 1. The highest BCUT2D eigenvalue weighted by atomic mass is 16.5. The van der Waals surface area contributed by atoms with Crippen LogP contribution in [0.4, 0.5) is 0 Å². The molecule has 90 valence electrons. The van der Waals surface area contributed by atoms with E-state index in [0.29, 0.717) is 19.6 Å². The van der Waals surface area contributed by atoms with Gasteiger partial charge >= 0.3 is 5.97 Å². The topological polar surface area (TPSA) is 62.1 Å². The Bertz CT molecular complexity index is 278. The Hall–Kier alpha value is -1.36. The molecule has 0 saturated heterocycles. The summed E-state index contributed by atoms with van der Waals surface area (Å²) in [5.74, 6) is -0.936. The van der Waals surface area contributed by atoms with E-state index in [1.807, 2.05) is 4.90 Å². The Kier molecular flexibility index (Phi) is 4.98. The maximum absolute atomic E-state index is 11.1. The highest BCUT2D eigenvalue weighted by molar-refractivity contribution is 5.74. The molecule has 0 aliphatic carbocycles. The summed E-state index contributed by atoms with van der Waals surface area (Å²) in [6.07, 6.45) is 3.16. The van der Waals surface area contributed by atoms with Gasteiger partial charge in [-0.05, 0) is 13.3 Å². The standard InChI is InChI=1S/C11H18N2O3/c1-3-5-9(13-7-6-12-8-13)10(11(14)15)16-4-2/h3,8-10H,1,4-7H2,2H3,(H,14,15). The number of aliphatic imine (C=N–C) groups is 1. The highest BCUT2D eigenvalue weighted by Crippen LogP contribution is 2.14. The number of carboxylic acid groups (broad SMARTS) is 1. The molecule has 0 saturated carbocycles. The van der Waals surface area contributed by atoms with Gasteiger partial charge in [0, 0.05) is 13.2 Å². The minimum absolute atomic E-state index is 0.221. The number of rotatable bonds is 7. The minimum Gasteiger partial charge on any atom is -0.479 e. The summed E-state index contributed by atoms with van der Waals surface area (Å²) >= 11 is 0. The van der Waals surface area contributed by atoms with Crippen LogP contribution in [0.2, 0.25) is 0 Å². The van der Waals surface area contributed by atoms with Crippen molar-refractivity contribution in [3.63, 3.8) is 0 Å². The second kappa shape index (κ2) is 6.27. The third-order valence-electron chi connectivity index (χ3n) is 2.49. The molecule has 1 N–H and O–H groups in total. The Morgan fingerprint density at radius 1 is 1.81 bits per heavy atom. The SMILES string of the molecule is C=CCC(C(OCC)C(=O)O)N1C=NCC1. The normalized spacial score (nSPS) is 18.4. The Labute approximate surface area is 95.4 Å². The van der Waals surface area contributed by atoms with Gasteiger partial charge in [0.15, 0.2) is 6.10 Å². The molecule has 0 fully saturated rings. The molecule has 5 heteroatoms. The average Bonchev–Trinajstić information content (AvgIpc) is 2.76. The van der Waals surface area contributed by atoms with Gasteiger partial charge in [0.2, 0.25) is 0 Å². The molecule has 0 bridgehead atoms. The molecule has 0 aromatic rings. The number of carbonyl (C=O) groups is 1. The van der Waals surface area contributed by atoms with Gasteiger partial charge in [0.1, 0.15) is 0 Å². The van der Waals surface area contributed by atoms with Crippen LogP contribution in [0.1, 0.15) is 13.3 Å². The molecule has 2 atom stereocenters. The zero-order chi connectivity index (χ0) is 12.0. The molecule has 0 amide bonds. The second-order valence-corrected chi connectivity index (χ2v) is 3.57. The van der Waals surface area contributed by atoms with Gasteiger partial charge in [-0.3, -0.25) is 4.99 Å². The summed E-state index contributed by atoms with van der Waals surface area (Å²) in [4.78, 5) is 17.1. The molecule has 1 rings (SSSR count). The smallest absolute Gasteiger partial charge is 0.334 e. The lowest BCUT2D eigenvalue weighted by molar-refractivity contribution is -0.153. The van der Waals surface area contributed by atoms with Gasteiger partial charge in [0.25, 0.3) is 0 Å². The maximum Gasteiger partial charge on any atom is 0.334 e. The van der Waals surface area contributed by atoms with Gasteiger partial charge < -0.3 is 14.7 Å². The van der Waals surface area contributed by atoms with Crippen molar-refractivity contribution in [1.82, 2.24) is 4.90 Å². The van der Waals surface area contributed by atoms with Crippen LogP contribution in [-0.2, 0) is 9.53 Å². The van der Waals surface area contributed by atoms with E-state index in [9.17, 15) is 4.79 Å². The molecule has 2 unspecified atom stereocenters. The first-order valence-corrected chi connectivity index (χ1v) is 5.41. The second-order valence-electron chi connectivity index (χ2n) is 3.57. The van der Waals surface area contributed by atoms with E-state index in [-0.39, 0.29) is 6.04 Å². The summed E-state index contributed by atoms with van der Waals surface area (Å²) in [7, 11) is 0. The first kappa shape index (κ1) is 12.7. The van der Waals surface area contributed by atoms with Crippen LogP contribution in [0.15, 0.2) is 17.6 Å². The van der Waals surface area contributed by atoms with Crippen molar-refractivity contribution in [3.05, 3.63) is 12.7 Å². The molecule has 0 aromatic heterocycles. The molecule has 0 aromatic carbocycles. The van der Waals surface area contributed by atoms with Gasteiger partial charge in [-0.15, -0.1) is 6.58 Å². The Balaban J connectivity index is 2.75. The van der Waals surface area contributed by atoms with Gasteiger partial charge in [-0.1, -0.05) is 6.08 Å². The molecule has 16 heavy (non-hydrogen) atoms. The maximum atomic E-state index is 11.1. The lowest BCUT2D eigenvalue weighted by Crippen LogP contribution is -2.47. The lowest BCUT2D eigenvalue weighted by Gasteiger charge is -2.30. The molecular formula is C11H18N2O3. The molecular weight excluding hydrogens is 208 g/mol. The third kappa shape index (κ3) is 3.06. The minimum atomic E-state index is -0.936. The van der Waals surface area contributed by atoms with Crippen molar-refractivity contribution in [3.8, 4) is 0 Å². The first-order valence-electron chi connectivity index (χ1n) is 5.41. The fourth-order valence-electron chi connectivity index (χ4n) is 1.78. The molecule has 1 aliphatic rings. The van der Waals surface area contributed by atoms with E-state index >= 15 is 0 Å². The van der Waals surface area contributed by atoms with Crippen LogP contribution >= 0.6 is 0 Å². The van der Waals surface area contributed by atoms with Gasteiger partial charge in [0.05, 0.1) is 18.9 Å². The number of ether oxygens (including phenoxy) is 1. The fourth-order valence-corrected chi connectivity index (χ4v) is 1.78. The summed E-state index contributed by atoms with van der Waals surface area (Å²) in [5.41, 5.74) is 0. The van der Waals surface area contributed by atoms with E-state index in [0.717, 1.165) is 6.54 Å². The van der Waals surface area contributed by atoms with Gasteiger partial charge in [-0.2, -0.15) is 0 Å². The Morgan fingerprint density at radius 2 is 2.56 bits per heavy atom. The molecule has 1 aliphatic heterocycles. The van der Waals surface area contributed by atoms with E-state index in [1.165, 1.54) is 0 Å². The molecule has 5 nitrogen and oxygen atoms in total. The van der Waals surface area contributed by atoms with Crippen molar-refractivity contribution in [1.29, 1.82) is 0 Å². The monoisotopic (exact) mass is 226 g/mol. The highest BCUT2D eigenvalue weighted by Gasteiger charge is 2.32. The lowest BCUT2D eigenvalue weighted by atomic mass is 10.1. The average molecular weight is 226 g/mol. The molecule has 1 heterocycles. The zero-order valence-corrected chi connectivity index (χ0v) is 9.50. The van der Waals surface area contributed by atoms with E-state index in [2.05, 4.69) is 11.6 Å². The number of hydrogen-bond donors (Lipinski definition) is 1. The summed E-state index contributed by atoms with van der Waals surface area (Å²) < 4.78 is 5.28. The predicted octanol–water partition coefficient (Wildman–Crippen LogP) is 0.765. The van der Waals surface area contributed by atoms with E-state index in [4.69, 9.17) is 9.84 Å². The summed E-state index contributed by atoms with van der Waals surface area (Å²) in [6.45, 7) is 7.29. The number of nitrogens with zero attached hydrogens (tertiary/aromatic N) is 2. The van der Waals surface area contributed by atoms with Crippen molar-refractivity contribution >= 4 is 12.3 Å². The first-order chi connectivity index (χ1) is 7.70.